The van der Waals surface area contributed by atoms with Gasteiger partial charge in [-0.1, -0.05) is 36.4 Å². The van der Waals surface area contributed by atoms with Gasteiger partial charge in [0.05, 0.1) is 11.9 Å². The molecule has 1 saturated carbocycles. The maximum atomic E-state index is 14.1. The molecule has 0 bridgehead atoms. The van der Waals surface area contributed by atoms with Crippen LogP contribution in [0, 0.1) is 5.82 Å². The molecule has 4 aromatic rings. The van der Waals surface area contributed by atoms with Crippen LogP contribution in [-0.4, -0.2) is 31.6 Å². The number of rotatable bonds is 6. The van der Waals surface area contributed by atoms with Gasteiger partial charge in [0.25, 0.3) is 5.91 Å². The smallest absolute Gasteiger partial charge is 0.273 e. The normalized spacial score (nSPS) is 13.4. The zero-order valence-corrected chi connectivity index (χ0v) is 16.9. The van der Waals surface area contributed by atoms with E-state index in [4.69, 9.17) is 0 Å². The maximum Gasteiger partial charge on any atom is 0.273 e. The maximum absolute atomic E-state index is 14.1. The van der Waals surface area contributed by atoms with Gasteiger partial charge in [-0.3, -0.25) is 4.79 Å². The third kappa shape index (κ3) is 3.76. The number of carbonyl (C=O) groups is 1. The molecule has 1 fully saturated rings. The second-order valence-electron chi connectivity index (χ2n) is 7.30. The number of nitrogens with zero attached hydrogens (tertiary/aromatic N) is 4. The summed E-state index contributed by atoms with van der Waals surface area (Å²) in [5, 5.41) is 6.91. The number of amides is 1. The predicted molar refractivity (Wildman–Crippen MR) is 114 cm³/mol. The monoisotopic (exact) mass is 418 g/mol. The number of para-hydroxylation sites is 1. The zero-order chi connectivity index (χ0) is 20.5. The Morgan fingerprint density at radius 2 is 1.90 bits per heavy atom. The van der Waals surface area contributed by atoms with Crippen molar-refractivity contribution in [1.82, 2.24) is 19.7 Å². The second kappa shape index (κ2) is 7.84. The number of aromatic nitrogens is 3. The summed E-state index contributed by atoms with van der Waals surface area (Å²) in [6, 6.07) is 16.6. The van der Waals surface area contributed by atoms with Crippen LogP contribution in [0.25, 0.3) is 16.3 Å². The van der Waals surface area contributed by atoms with Crippen LogP contribution in [0.15, 0.2) is 72.4 Å². The van der Waals surface area contributed by atoms with Crippen molar-refractivity contribution < 1.29 is 9.18 Å². The number of thiazole rings is 1. The van der Waals surface area contributed by atoms with Gasteiger partial charge in [0.2, 0.25) is 0 Å². The molecule has 0 saturated heterocycles. The van der Waals surface area contributed by atoms with Gasteiger partial charge in [0.1, 0.15) is 16.5 Å². The Bertz CT molecular complexity index is 1180. The molecule has 5 nitrogen and oxygen atoms in total. The molecule has 7 heteroatoms. The van der Waals surface area contributed by atoms with Crippen molar-refractivity contribution in [2.24, 2.45) is 0 Å². The number of hydrogen-bond acceptors (Lipinski definition) is 4. The first kappa shape index (κ1) is 18.7. The molecule has 0 aliphatic heterocycles. The van der Waals surface area contributed by atoms with E-state index in [1.54, 1.807) is 39.4 Å². The first-order chi connectivity index (χ1) is 14.7. The first-order valence-electron chi connectivity index (χ1n) is 9.79. The molecule has 2 heterocycles. The van der Waals surface area contributed by atoms with Gasteiger partial charge in [-0.15, -0.1) is 11.3 Å². The van der Waals surface area contributed by atoms with E-state index in [1.165, 1.54) is 17.4 Å². The fourth-order valence-corrected chi connectivity index (χ4v) is 4.14. The van der Waals surface area contributed by atoms with Gasteiger partial charge < -0.3 is 4.90 Å². The second-order valence-corrected chi connectivity index (χ2v) is 8.16. The summed E-state index contributed by atoms with van der Waals surface area (Å²) >= 11 is 1.41. The lowest BCUT2D eigenvalue weighted by Crippen LogP contribution is -2.33. The SMILES string of the molecule is O=C(c1csc(-c2cnn(-c3ccccc3)c2)n1)N(Cc1ccccc1F)C1CC1. The molecule has 1 amide bonds. The van der Waals surface area contributed by atoms with Gasteiger partial charge in [-0.05, 0) is 31.0 Å². The zero-order valence-electron chi connectivity index (χ0n) is 16.1. The van der Waals surface area contributed by atoms with E-state index < -0.39 is 0 Å². The Morgan fingerprint density at radius 3 is 2.67 bits per heavy atom. The van der Waals surface area contributed by atoms with Crippen LogP contribution in [-0.2, 0) is 6.54 Å². The number of carbonyl (C=O) groups excluding carboxylic acids is 1. The fourth-order valence-electron chi connectivity index (χ4n) is 3.37. The van der Waals surface area contributed by atoms with Crippen LogP contribution in [0.5, 0.6) is 0 Å². The summed E-state index contributed by atoms with van der Waals surface area (Å²) in [7, 11) is 0. The Hall–Kier alpha value is -3.32. The van der Waals surface area contributed by atoms with E-state index in [0.717, 1.165) is 29.1 Å². The topological polar surface area (TPSA) is 51.0 Å². The van der Waals surface area contributed by atoms with Gasteiger partial charge in [-0.25, -0.2) is 14.1 Å². The van der Waals surface area contributed by atoms with E-state index in [2.05, 4.69) is 10.1 Å². The molecule has 0 N–H and O–H groups in total. The Morgan fingerprint density at radius 1 is 1.13 bits per heavy atom. The van der Waals surface area contributed by atoms with Crippen LogP contribution < -0.4 is 0 Å². The molecule has 5 rings (SSSR count). The van der Waals surface area contributed by atoms with Crippen LogP contribution in [0.3, 0.4) is 0 Å². The highest BCUT2D eigenvalue weighted by molar-refractivity contribution is 7.13. The van der Waals surface area contributed by atoms with E-state index in [0.29, 0.717) is 11.3 Å². The van der Waals surface area contributed by atoms with Crippen molar-refractivity contribution in [1.29, 1.82) is 0 Å². The molecule has 0 atom stereocenters. The highest BCUT2D eigenvalue weighted by Gasteiger charge is 2.34. The molecule has 2 aromatic carbocycles. The lowest BCUT2D eigenvalue weighted by atomic mass is 10.2. The van der Waals surface area contributed by atoms with Crippen molar-refractivity contribution in [3.8, 4) is 16.3 Å². The Balaban J connectivity index is 1.37. The van der Waals surface area contributed by atoms with E-state index in [1.807, 2.05) is 36.5 Å². The first-order valence-corrected chi connectivity index (χ1v) is 10.7. The van der Waals surface area contributed by atoms with Gasteiger partial charge in [-0.2, -0.15) is 5.10 Å². The third-order valence-corrected chi connectivity index (χ3v) is 6.01. The molecule has 1 aliphatic carbocycles. The summed E-state index contributed by atoms with van der Waals surface area (Å²) in [5.41, 5.74) is 2.74. The van der Waals surface area contributed by atoms with Gasteiger partial charge >= 0.3 is 0 Å². The minimum Gasteiger partial charge on any atom is -0.330 e. The van der Waals surface area contributed by atoms with Gasteiger partial charge in [0.15, 0.2) is 0 Å². The third-order valence-electron chi connectivity index (χ3n) is 5.12. The average Bonchev–Trinajstić information content (AvgIpc) is 3.28. The summed E-state index contributed by atoms with van der Waals surface area (Å²) in [6.45, 7) is 0.259. The molecular weight excluding hydrogens is 399 g/mol. The van der Waals surface area contributed by atoms with Crippen molar-refractivity contribution in [3.63, 3.8) is 0 Å². The largest absolute Gasteiger partial charge is 0.330 e. The van der Waals surface area contributed by atoms with Crippen LogP contribution in [0.1, 0.15) is 28.9 Å². The predicted octanol–water partition coefficient (Wildman–Crippen LogP) is 4.94. The molecule has 1 aliphatic rings. The van der Waals surface area contributed by atoms with Crippen molar-refractivity contribution in [2.75, 3.05) is 0 Å². The summed E-state index contributed by atoms with van der Waals surface area (Å²) in [4.78, 5) is 19.4. The number of benzene rings is 2. The highest BCUT2D eigenvalue weighted by atomic mass is 32.1. The molecule has 2 aromatic heterocycles. The molecule has 0 unspecified atom stereocenters. The lowest BCUT2D eigenvalue weighted by molar-refractivity contribution is 0.0723. The van der Waals surface area contributed by atoms with Crippen LogP contribution in [0.2, 0.25) is 0 Å². The highest BCUT2D eigenvalue weighted by Crippen LogP contribution is 2.31. The van der Waals surface area contributed by atoms with Crippen molar-refractivity contribution >= 4 is 17.2 Å². The number of hydrogen-bond donors (Lipinski definition) is 0. The average molecular weight is 418 g/mol. The number of halogens is 1. The van der Waals surface area contributed by atoms with E-state index >= 15 is 0 Å². The summed E-state index contributed by atoms with van der Waals surface area (Å²) in [6.07, 6.45) is 5.54. The minimum atomic E-state index is -0.289. The Labute approximate surface area is 177 Å². The van der Waals surface area contributed by atoms with E-state index in [9.17, 15) is 9.18 Å². The molecule has 0 radical (unpaired) electrons. The van der Waals surface area contributed by atoms with Gasteiger partial charge in [0, 0.05) is 35.3 Å². The van der Waals surface area contributed by atoms with E-state index in [-0.39, 0.29) is 24.3 Å². The quantitative estimate of drug-likeness (QED) is 0.446. The molecule has 30 heavy (non-hydrogen) atoms. The van der Waals surface area contributed by atoms with Crippen molar-refractivity contribution in [3.05, 3.63) is 89.4 Å². The van der Waals surface area contributed by atoms with Crippen molar-refractivity contribution in [2.45, 2.75) is 25.4 Å². The molecule has 0 spiro atoms. The van der Waals surface area contributed by atoms with Crippen LogP contribution >= 0.6 is 11.3 Å². The van der Waals surface area contributed by atoms with Crippen LogP contribution in [0.4, 0.5) is 4.39 Å². The standard InChI is InChI=1S/C23H19FN4OS/c24-20-9-5-4-6-16(20)13-27(18-10-11-18)23(29)21-15-30-22(26-21)17-12-25-28(14-17)19-7-2-1-3-8-19/h1-9,12,14-15,18H,10-11,13H2. The molecule has 150 valence electrons. The summed E-state index contributed by atoms with van der Waals surface area (Å²) in [5.74, 6) is -0.443. The minimum absolute atomic E-state index is 0.154. The Kier molecular flexibility index (Phi) is 4.88. The fraction of sp³-hybridized carbons (Fsp3) is 0.174. The summed E-state index contributed by atoms with van der Waals surface area (Å²) < 4.78 is 15.9. The lowest BCUT2D eigenvalue weighted by Gasteiger charge is -2.21. The molecular formula is C23H19FN4OS.